The van der Waals surface area contributed by atoms with Crippen LogP contribution in [0.3, 0.4) is 0 Å². The molecule has 5 heteroatoms. The number of carbonyl (C=O) groups excluding carboxylic acids is 2. The van der Waals surface area contributed by atoms with Crippen LogP contribution in [-0.4, -0.2) is 30.3 Å². The van der Waals surface area contributed by atoms with Crippen LogP contribution in [-0.2, 0) is 19.1 Å². The standard InChI is InChI=1S/C10H14O5/c1-8(15-9(2)12)7-10(13)14-6-4-3-5-11/h3-4,7,11H,5-6H2,1-2H3/b4-3+,8-7-. The Balaban J connectivity index is 3.90. The van der Waals surface area contributed by atoms with Gasteiger partial charge >= 0.3 is 11.9 Å². The number of esters is 2. The molecule has 0 saturated carbocycles. The Hall–Kier alpha value is -1.62. The van der Waals surface area contributed by atoms with Gasteiger partial charge in [0.2, 0.25) is 0 Å². The quantitative estimate of drug-likeness (QED) is 0.313. The van der Waals surface area contributed by atoms with Gasteiger partial charge < -0.3 is 14.6 Å². The highest BCUT2D eigenvalue weighted by Crippen LogP contribution is 1.96. The van der Waals surface area contributed by atoms with E-state index in [4.69, 9.17) is 9.84 Å². The van der Waals surface area contributed by atoms with Gasteiger partial charge in [-0.3, -0.25) is 4.79 Å². The summed E-state index contributed by atoms with van der Waals surface area (Å²) >= 11 is 0. The van der Waals surface area contributed by atoms with E-state index in [-0.39, 0.29) is 19.0 Å². The molecule has 1 N–H and O–H groups in total. The normalized spacial score (nSPS) is 11.5. The van der Waals surface area contributed by atoms with E-state index in [2.05, 4.69) is 4.74 Å². The zero-order valence-corrected chi connectivity index (χ0v) is 8.73. The molecule has 0 radical (unpaired) electrons. The highest BCUT2D eigenvalue weighted by molar-refractivity contribution is 5.83. The predicted molar refractivity (Wildman–Crippen MR) is 52.7 cm³/mol. The van der Waals surface area contributed by atoms with Gasteiger partial charge in [0.15, 0.2) is 0 Å². The highest BCUT2D eigenvalue weighted by atomic mass is 16.5. The van der Waals surface area contributed by atoms with Gasteiger partial charge in [0.05, 0.1) is 12.7 Å². The lowest BCUT2D eigenvalue weighted by atomic mass is 10.5. The van der Waals surface area contributed by atoms with E-state index in [0.717, 1.165) is 6.08 Å². The van der Waals surface area contributed by atoms with Crippen LogP contribution in [0.25, 0.3) is 0 Å². The highest BCUT2D eigenvalue weighted by Gasteiger charge is 2.00. The minimum Gasteiger partial charge on any atom is -0.458 e. The van der Waals surface area contributed by atoms with Crippen molar-refractivity contribution in [2.45, 2.75) is 13.8 Å². The Morgan fingerprint density at radius 2 is 1.93 bits per heavy atom. The van der Waals surface area contributed by atoms with Gasteiger partial charge in [-0.25, -0.2) is 4.79 Å². The van der Waals surface area contributed by atoms with Crippen LogP contribution in [0.2, 0.25) is 0 Å². The van der Waals surface area contributed by atoms with Crippen LogP contribution in [0, 0.1) is 0 Å². The van der Waals surface area contributed by atoms with Crippen molar-refractivity contribution in [1.29, 1.82) is 0 Å². The summed E-state index contributed by atoms with van der Waals surface area (Å²) in [6.45, 7) is 2.70. The zero-order valence-electron chi connectivity index (χ0n) is 8.73. The molecule has 0 aliphatic rings. The number of hydrogen-bond acceptors (Lipinski definition) is 5. The van der Waals surface area contributed by atoms with E-state index in [1.54, 1.807) is 0 Å². The van der Waals surface area contributed by atoms with Crippen LogP contribution >= 0.6 is 0 Å². The molecular weight excluding hydrogens is 200 g/mol. The minimum absolute atomic E-state index is 0.0727. The predicted octanol–water partition coefficient (Wildman–Crippen LogP) is 0.545. The topological polar surface area (TPSA) is 72.8 Å². The third-order valence-electron chi connectivity index (χ3n) is 1.22. The Kier molecular flexibility index (Phi) is 6.92. The molecule has 0 fully saturated rings. The molecule has 0 aromatic rings. The second-order valence-corrected chi connectivity index (χ2v) is 2.63. The fourth-order valence-corrected chi connectivity index (χ4v) is 0.737. The maximum atomic E-state index is 11.0. The first-order valence-corrected chi connectivity index (χ1v) is 4.35. The molecule has 0 saturated heterocycles. The third-order valence-corrected chi connectivity index (χ3v) is 1.22. The van der Waals surface area contributed by atoms with E-state index in [0.29, 0.717) is 0 Å². The van der Waals surface area contributed by atoms with Crippen molar-refractivity contribution in [2.24, 2.45) is 0 Å². The van der Waals surface area contributed by atoms with Gasteiger partial charge in [-0.15, -0.1) is 0 Å². The molecule has 5 nitrogen and oxygen atoms in total. The summed E-state index contributed by atoms with van der Waals surface area (Å²) in [7, 11) is 0. The van der Waals surface area contributed by atoms with Crippen molar-refractivity contribution in [3.05, 3.63) is 24.0 Å². The molecule has 0 aliphatic heterocycles. The van der Waals surface area contributed by atoms with Crippen LogP contribution in [0.4, 0.5) is 0 Å². The molecule has 0 atom stereocenters. The maximum absolute atomic E-state index is 11.0. The SMILES string of the molecule is CC(=O)O/C(C)=C\C(=O)OC/C=C/CO. The molecule has 84 valence electrons. The second kappa shape index (κ2) is 7.75. The molecule has 0 heterocycles. The van der Waals surface area contributed by atoms with Crippen molar-refractivity contribution < 1.29 is 24.2 Å². The van der Waals surface area contributed by atoms with Crippen molar-refractivity contribution in [3.8, 4) is 0 Å². The second-order valence-electron chi connectivity index (χ2n) is 2.63. The molecule has 0 aliphatic carbocycles. The summed E-state index contributed by atoms with van der Waals surface area (Å²) in [5.74, 6) is -0.910. The van der Waals surface area contributed by atoms with Crippen molar-refractivity contribution >= 4 is 11.9 Å². The van der Waals surface area contributed by atoms with Gasteiger partial charge in [0.1, 0.15) is 12.4 Å². The van der Waals surface area contributed by atoms with Crippen LogP contribution < -0.4 is 0 Å². The largest absolute Gasteiger partial charge is 0.458 e. The zero-order chi connectivity index (χ0) is 11.7. The van der Waals surface area contributed by atoms with Crippen LogP contribution in [0.5, 0.6) is 0 Å². The van der Waals surface area contributed by atoms with Crippen molar-refractivity contribution in [2.75, 3.05) is 13.2 Å². The Morgan fingerprint density at radius 1 is 1.27 bits per heavy atom. The monoisotopic (exact) mass is 214 g/mol. The summed E-state index contributed by atoms with van der Waals surface area (Å²) in [4.78, 5) is 21.5. The molecule has 0 unspecified atom stereocenters. The van der Waals surface area contributed by atoms with Gasteiger partial charge in [0, 0.05) is 6.92 Å². The molecule has 0 bridgehead atoms. The number of hydrogen-bond donors (Lipinski definition) is 1. The molecule has 15 heavy (non-hydrogen) atoms. The molecule has 0 spiro atoms. The Morgan fingerprint density at radius 3 is 2.47 bits per heavy atom. The maximum Gasteiger partial charge on any atom is 0.334 e. The number of allylic oxidation sites excluding steroid dienone is 1. The summed E-state index contributed by atoms with van der Waals surface area (Å²) in [5, 5.41) is 8.38. The minimum atomic E-state index is -0.601. The summed E-state index contributed by atoms with van der Waals surface area (Å²) in [6, 6.07) is 0. The van der Waals surface area contributed by atoms with Gasteiger partial charge in [-0.05, 0) is 13.0 Å². The Labute approximate surface area is 88.0 Å². The first-order chi connectivity index (χ1) is 7.06. The Bertz CT molecular complexity index is 278. The summed E-state index contributed by atoms with van der Waals surface area (Å²) in [5.41, 5.74) is 0. The van der Waals surface area contributed by atoms with E-state index in [9.17, 15) is 9.59 Å². The number of rotatable bonds is 5. The fraction of sp³-hybridized carbons (Fsp3) is 0.400. The van der Waals surface area contributed by atoms with E-state index in [1.165, 1.54) is 26.0 Å². The molecule has 0 aromatic carbocycles. The van der Waals surface area contributed by atoms with Crippen LogP contribution in [0.1, 0.15) is 13.8 Å². The lowest BCUT2D eigenvalue weighted by molar-refractivity contribution is -0.138. The van der Waals surface area contributed by atoms with Crippen molar-refractivity contribution in [3.63, 3.8) is 0 Å². The number of aliphatic hydroxyl groups is 1. The van der Waals surface area contributed by atoms with Gasteiger partial charge in [0.25, 0.3) is 0 Å². The lowest BCUT2D eigenvalue weighted by Gasteiger charge is -2.00. The van der Waals surface area contributed by atoms with Crippen molar-refractivity contribution in [1.82, 2.24) is 0 Å². The van der Waals surface area contributed by atoms with Gasteiger partial charge in [-0.1, -0.05) is 6.08 Å². The van der Waals surface area contributed by atoms with Crippen LogP contribution in [0.15, 0.2) is 24.0 Å². The molecule has 0 amide bonds. The van der Waals surface area contributed by atoms with E-state index < -0.39 is 11.9 Å². The average molecular weight is 214 g/mol. The number of ether oxygens (including phenoxy) is 2. The summed E-state index contributed by atoms with van der Waals surface area (Å²) < 4.78 is 9.30. The first-order valence-electron chi connectivity index (χ1n) is 4.35. The third kappa shape index (κ3) is 8.70. The average Bonchev–Trinajstić information content (AvgIpc) is 2.10. The molecular formula is C10H14O5. The van der Waals surface area contributed by atoms with E-state index >= 15 is 0 Å². The molecule has 0 rings (SSSR count). The number of aliphatic hydroxyl groups excluding tert-OH is 1. The molecule has 0 aromatic heterocycles. The summed E-state index contributed by atoms with van der Waals surface area (Å²) in [6.07, 6.45) is 4.04. The first kappa shape index (κ1) is 13.4. The van der Waals surface area contributed by atoms with E-state index in [1.807, 2.05) is 0 Å². The van der Waals surface area contributed by atoms with Gasteiger partial charge in [-0.2, -0.15) is 0 Å². The lowest BCUT2D eigenvalue weighted by Crippen LogP contribution is -2.04. The smallest absolute Gasteiger partial charge is 0.334 e. The fourth-order valence-electron chi connectivity index (χ4n) is 0.737. The number of carbonyl (C=O) groups is 2.